The third-order valence-electron chi connectivity index (χ3n) is 1.69. The Morgan fingerprint density at radius 3 is 2.92 bits per heavy atom. The van der Waals surface area contributed by atoms with E-state index in [1.165, 1.54) is 5.75 Å². The van der Waals surface area contributed by atoms with Crippen LogP contribution in [-0.4, -0.2) is 28.4 Å². The molecule has 0 saturated carbocycles. The fourth-order valence-corrected chi connectivity index (χ4v) is 2.13. The van der Waals surface area contributed by atoms with Crippen molar-refractivity contribution < 1.29 is 0 Å². The lowest BCUT2D eigenvalue weighted by Crippen LogP contribution is -2.19. The standard InChI is InChI=1S/C7H8ClN3S/c8-6-1-2-7(10-9-6)11-3-4-12-5-11/h1-2H,3-5H2. The van der Waals surface area contributed by atoms with Crippen molar-refractivity contribution in [2.75, 3.05) is 23.1 Å². The Balaban J connectivity index is 2.17. The third kappa shape index (κ3) is 1.64. The van der Waals surface area contributed by atoms with E-state index in [0.717, 1.165) is 18.2 Å². The Labute approximate surface area is 80.1 Å². The molecule has 2 heterocycles. The number of aromatic nitrogens is 2. The second-order valence-corrected chi connectivity index (χ2v) is 3.98. The number of anilines is 1. The average Bonchev–Trinajstić information content (AvgIpc) is 2.58. The summed E-state index contributed by atoms with van der Waals surface area (Å²) in [6, 6.07) is 3.67. The summed E-state index contributed by atoms with van der Waals surface area (Å²) in [5.41, 5.74) is 0. The van der Waals surface area contributed by atoms with E-state index in [1.807, 2.05) is 17.8 Å². The Morgan fingerprint density at radius 2 is 2.33 bits per heavy atom. The first-order valence-corrected chi connectivity index (χ1v) is 5.21. The van der Waals surface area contributed by atoms with Gasteiger partial charge in [-0.3, -0.25) is 0 Å². The molecule has 1 aliphatic rings. The largest absolute Gasteiger partial charge is 0.345 e. The van der Waals surface area contributed by atoms with Gasteiger partial charge in [0, 0.05) is 12.3 Å². The molecule has 2 rings (SSSR count). The van der Waals surface area contributed by atoms with Gasteiger partial charge < -0.3 is 4.90 Å². The summed E-state index contributed by atoms with van der Waals surface area (Å²) in [6.07, 6.45) is 0. The van der Waals surface area contributed by atoms with Gasteiger partial charge in [-0.15, -0.1) is 22.0 Å². The van der Waals surface area contributed by atoms with Crippen LogP contribution >= 0.6 is 23.4 Å². The molecule has 0 bridgehead atoms. The highest BCUT2D eigenvalue weighted by Gasteiger charge is 2.13. The summed E-state index contributed by atoms with van der Waals surface area (Å²) in [5.74, 6) is 3.10. The first-order chi connectivity index (χ1) is 5.86. The molecule has 0 radical (unpaired) electrons. The first kappa shape index (κ1) is 8.13. The molecule has 1 saturated heterocycles. The molecule has 0 N–H and O–H groups in total. The average molecular weight is 202 g/mol. The van der Waals surface area contributed by atoms with E-state index in [2.05, 4.69) is 15.1 Å². The van der Waals surface area contributed by atoms with Gasteiger partial charge in [0.05, 0.1) is 5.88 Å². The van der Waals surface area contributed by atoms with Crippen LogP contribution < -0.4 is 4.90 Å². The number of thioether (sulfide) groups is 1. The lowest BCUT2D eigenvalue weighted by Gasteiger charge is -2.13. The molecule has 3 nitrogen and oxygen atoms in total. The number of halogens is 1. The highest BCUT2D eigenvalue weighted by atomic mass is 35.5. The van der Waals surface area contributed by atoms with Gasteiger partial charge in [-0.25, -0.2) is 0 Å². The summed E-state index contributed by atoms with van der Waals surface area (Å²) >= 11 is 7.53. The van der Waals surface area contributed by atoms with Gasteiger partial charge in [-0.2, -0.15) is 0 Å². The molecule has 12 heavy (non-hydrogen) atoms. The summed E-state index contributed by atoms with van der Waals surface area (Å²) in [4.78, 5) is 2.19. The van der Waals surface area contributed by atoms with E-state index < -0.39 is 0 Å². The molecule has 1 aromatic rings. The van der Waals surface area contributed by atoms with Crippen LogP contribution in [0.15, 0.2) is 12.1 Å². The van der Waals surface area contributed by atoms with Crippen LogP contribution in [0.1, 0.15) is 0 Å². The van der Waals surface area contributed by atoms with Crippen LogP contribution in [0.25, 0.3) is 0 Å². The minimum Gasteiger partial charge on any atom is -0.345 e. The second-order valence-electron chi connectivity index (χ2n) is 2.52. The van der Waals surface area contributed by atoms with Gasteiger partial charge in [-0.05, 0) is 12.1 Å². The van der Waals surface area contributed by atoms with Crippen molar-refractivity contribution >= 4 is 29.2 Å². The zero-order valence-corrected chi connectivity index (χ0v) is 7.98. The van der Waals surface area contributed by atoms with Crippen LogP contribution in [0.2, 0.25) is 5.15 Å². The maximum atomic E-state index is 5.62. The SMILES string of the molecule is Clc1ccc(N2CCSC2)nn1. The quantitative estimate of drug-likeness (QED) is 0.691. The third-order valence-corrected chi connectivity index (χ3v) is 2.86. The zero-order chi connectivity index (χ0) is 8.39. The normalized spacial score (nSPS) is 16.9. The molecule has 0 atom stereocenters. The number of hydrogen-bond donors (Lipinski definition) is 0. The van der Waals surface area contributed by atoms with Crippen LogP contribution in [0.5, 0.6) is 0 Å². The van der Waals surface area contributed by atoms with E-state index in [0.29, 0.717) is 5.15 Å². The molecule has 0 aromatic carbocycles. The summed E-state index contributed by atoms with van der Waals surface area (Å²) in [5, 5.41) is 8.23. The van der Waals surface area contributed by atoms with Gasteiger partial charge in [0.15, 0.2) is 11.0 Å². The Morgan fingerprint density at radius 1 is 1.42 bits per heavy atom. The molecule has 5 heteroatoms. The predicted octanol–water partition coefficient (Wildman–Crippen LogP) is 1.64. The van der Waals surface area contributed by atoms with Crippen molar-refractivity contribution in [3.8, 4) is 0 Å². The molecule has 1 aliphatic heterocycles. The monoisotopic (exact) mass is 201 g/mol. The topological polar surface area (TPSA) is 29.0 Å². The van der Waals surface area contributed by atoms with Gasteiger partial charge in [-0.1, -0.05) is 11.6 Å². The molecule has 1 fully saturated rings. The Hall–Kier alpha value is -0.480. The smallest absolute Gasteiger partial charge is 0.152 e. The molecule has 0 spiro atoms. The second kappa shape index (κ2) is 3.49. The molecular weight excluding hydrogens is 194 g/mol. The maximum absolute atomic E-state index is 5.62. The summed E-state index contributed by atoms with van der Waals surface area (Å²) in [7, 11) is 0. The van der Waals surface area contributed by atoms with Crippen molar-refractivity contribution in [2.24, 2.45) is 0 Å². The van der Waals surface area contributed by atoms with E-state index in [1.54, 1.807) is 6.07 Å². The highest BCUT2D eigenvalue weighted by Crippen LogP contribution is 2.20. The van der Waals surface area contributed by atoms with Crippen LogP contribution in [0.4, 0.5) is 5.82 Å². The van der Waals surface area contributed by atoms with Crippen LogP contribution in [0, 0.1) is 0 Å². The minimum absolute atomic E-state index is 0.450. The maximum Gasteiger partial charge on any atom is 0.152 e. The van der Waals surface area contributed by atoms with Crippen molar-refractivity contribution in [3.63, 3.8) is 0 Å². The number of rotatable bonds is 1. The van der Waals surface area contributed by atoms with Gasteiger partial charge in [0.2, 0.25) is 0 Å². The first-order valence-electron chi connectivity index (χ1n) is 3.68. The summed E-state index contributed by atoms with van der Waals surface area (Å²) < 4.78 is 0. The molecule has 0 amide bonds. The van der Waals surface area contributed by atoms with E-state index in [9.17, 15) is 0 Å². The lowest BCUT2D eigenvalue weighted by molar-refractivity contribution is 0.909. The van der Waals surface area contributed by atoms with E-state index >= 15 is 0 Å². The van der Waals surface area contributed by atoms with Crippen molar-refractivity contribution in [3.05, 3.63) is 17.3 Å². The number of hydrogen-bond acceptors (Lipinski definition) is 4. The van der Waals surface area contributed by atoms with Crippen molar-refractivity contribution in [2.45, 2.75) is 0 Å². The molecule has 0 unspecified atom stereocenters. The van der Waals surface area contributed by atoms with E-state index in [-0.39, 0.29) is 0 Å². The number of nitrogens with zero attached hydrogens (tertiary/aromatic N) is 3. The minimum atomic E-state index is 0.450. The van der Waals surface area contributed by atoms with E-state index in [4.69, 9.17) is 11.6 Å². The predicted molar refractivity (Wildman–Crippen MR) is 51.7 cm³/mol. The Bertz CT molecular complexity index is 258. The van der Waals surface area contributed by atoms with Gasteiger partial charge >= 0.3 is 0 Å². The molecular formula is C7H8ClN3S. The van der Waals surface area contributed by atoms with Crippen molar-refractivity contribution in [1.29, 1.82) is 0 Å². The van der Waals surface area contributed by atoms with Gasteiger partial charge in [0.1, 0.15) is 0 Å². The molecule has 0 aliphatic carbocycles. The zero-order valence-electron chi connectivity index (χ0n) is 6.40. The van der Waals surface area contributed by atoms with Crippen LogP contribution in [0.3, 0.4) is 0 Å². The fourth-order valence-electron chi connectivity index (χ4n) is 1.07. The molecule has 1 aromatic heterocycles. The lowest BCUT2D eigenvalue weighted by atomic mass is 10.5. The fraction of sp³-hybridized carbons (Fsp3) is 0.429. The summed E-state index contributed by atoms with van der Waals surface area (Å²) in [6.45, 7) is 1.06. The van der Waals surface area contributed by atoms with Crippen molar-refractivity contribution in [1.82, 2.24) is 10.2 Å². The highest BCUT2D eigenvalue weighted by molar-refractivity contribution is 7.99. The molecule has 64 valence electrons. The Kier molecular flexibility index (Phi) is 2.37. The van der Waals surface area contributed by atoms with Crippen LogP contribution in [-0.2, 0) is 0 Å². The van der Waals surface area contributed by atoms with Gasteiger partial charge in [0.25, 0.3) is 0 Å².